The van der Waals surface area contributed by atoms with Crippen LogP contribution in [-0.4, -0.2) is 77.0 Å². The third-order valence-corrected chi connectivity index (χ3v) is 9.62. The van der Waals surface area contributed by atoms with Gasteiger partial charge in [0.2, 0.25) is 0 Å². The quantitative estimate of drug-likeness (QED) is 0.0449. The predicted octanol–water partition coefficient (Wildman–Crippen LogP) is 5.17. The second-order valence-electron chi connectivity index (χ2n) is 13.4. The number of aliphatic carboxylic acids is 1. The second kappa shape index (κ2) is 20.3. The van der Waals surface area contributed by atoms with Gasteiger partial charge in [0, 0.05) is 62.3 Å². The number of carbonyl (C=O) groups is 1. The molecule has 0 aliphatic carbocycles. The van der Waals surface area contributed by atoms with Crippen molar-refractivity contribution in [3.8, 4) is 34.4 Å². The van der Waals surface area contributed by atoms with E-state index in [0.717, 1.165) is 60.5 Å². The van der Waals surface area contributed by atoms with E-state index in [4.69, 9.17) is 37.3 Å². The largest absolute Gasteiger partial charge is 0.494 e. The summed E-state index contributed by atoms with van der Waals surface area (Å²) >= 11 is 6.78. The molecule has 1 aromatic heterocycles. The summed E-state index contributed by atoms with van der Waals surface area (Å²) in [5.41, 5.74) is 16.6. The van der Waals surface area contributed by atoms with Gasteiger partial charge in [-0.25, -0.2) is 0 Å². The van der Waals surface area contributed by atoms with Crippen molar-refractivity contribution < 1.29 is 29.2 Å². The van der Waals surface area contributed by atoms with Crippen LogP contribution in [0.2, 0.25) is 5.02 Å². The number of carboxylic acid groups (broad SMARTS) is 1. The molecule has 0 bridgehead atoms. The average molecular weight is 770 g/mol. The van der Waals surface area contributed by atoms with Gasteiger partial charge in [-0.15, -0.1) is 0 Å². The fraction of sp³-hybridized carbons (Fsp3) is 0.366. The maximum atomic E-state index is 12.0. The Morgan fingerprint density at radius 3 is 2.65 bits per heavy atom. The molecule has 0 radical (unpaired) electrons. The Labute approximate surface area is 326 Å². The Morgan fingerprint density at radius 2 is 1.89 bits per heavy atom. The zero-order valence-electron chi connectivity index (χ0n) is 30.9. The van der Waals surface area contributed by atoms with Crippen LogP contribution in [0.3, 0.4) is 0 Å². The van der Waals surface area contributed by atoms with Crippen molar-refractivity contribution in [3.05, 3.63) is 106 Å². The SMILES string of the molecule is Cc1c(COc2cc(OCc3cncc(C#N)c3)c(CN[C@@H](CCCN=C(N)N)C(=O)O)cc2Cl)cccc1-c1cccc(OCCCN2CC[C@H](O)C2)c1. The van der Waals surface area contributed by atoms with Crippen molar-refractivity contribution in [1.29, 1.82) is 5.26 Å². The zero-order valence-corrected chi connectivity index (χ0v) is 31.7. The van der Waals surface area contributed by atoms with E-state index in [0.29, 0.717) is 59.2 Å². The fourth-order valence-electron chi connectivity index (χ4n) is 6.35. The first-order valence-corrected chi connectivity index (χ1v) is 18.6. The number of hydrogen-bond acceptors (Lipinski definition) is 10. The van der Waals surface area contributed by atoms with Gasteiger partial charge >= 0.3 is 5.97 Å². The third-order valence-electron chi connectivity index (χ3n) is 9.32. The molecule has 0 amide bonds. The lowest BCUT2D eigenvalue weighted by Gasteiger charge is -2.19. The molecule has 3 aromatic carbocycles. The van der Waals surface area contributed by atoms with Gasteiger partial charge in [0.05, 0.1) is 23.3 Å². The van der Waals surface area contributed by atoms with Crippen LogP contribution < -0.4 is 31.0 Å². The number of aromatic nitrogens is 1. The lowest BCUT2D eigenvalue weighted by atomic mass is 9.96. The standard InChI is InChI=1S/C41H48ClN7O6/c1-27-31(7-3-9-35(27)30-6-2-8-34(17-30)53-15-5-13-49-14-11-33(50)24-49)26-55-39-19-38(54-25-29-16-28(20-43)21-46-22-29)32(18-36(39)42)23-48-37(40(51)52)10-4-12-47-41(44)45/h2-3,6-9,16-19,21-22,33,37,48,50H,4-5,10-15,23-26H2,1H3,(H,51,52)(H4,44,45,47)/t33-,37-/m0/s1. The minimum atomic E-state index is -1.01. The summed E-state index contributed by atoms with van der Waals surface area (Å²) in [7, 11) is 0. The number of aliphatic hydroxyl groups is 1. The summed E-state index contributed by atoms with van der Waals surface area (Å²) in [6.45, 7) is 5.98. The van der Waals surface area contributed by atoms with Crippen LogP contribution in [0.5, 0.6) is 17.2 Å². The predicted molar refractivity (Wildman–Crippen MR) is 211 cm³/mol. The molecule has 2 atom stereocenters. The molecule has 0 spiro atoms. The zero-order chi connectivity index (χ0) is 39.2. The number of ether oxygens (including phenoxy) is 3. The molecular weight excluding hydrogens is 722 g/mol. The Kier molecular flexibility index (Phi) is 15.1. The summed E-state index contributed by atoms with van der Waals surface area (Å²) in [4.78, 5) is 22.3. The van der Waals surface area contributed by atoms with Crippen LogP contribution in [0.25, 0.3) is 11.1 Å². The summed E-state index contributed by atoms with van der Waals surface area (Å²) < 4.78 is 18.6. The summed E-state index contributed by atoms with van der Waals surface area (Å²) in [6, 6.07) is 20.4. The molecule has 7 N–H and O–H groups in total. The topological polar surface area (TPSA) is 202 Å². The van der Waals surface area contributed by atoms with Crippen molar-refractivity contribution in [2.24, 2.45) is 16.5 Å². The summed E-state index contributed by atoms with van der Waals surface area (Å²) in [5, 5.41) is 32.3. The van der Waals surface area contributed by atoms with Crippen LogP contribution in [0.1, 0.15) is 53.5 Å². The van der Waals surface area contributed by atoms with Crippen molar-refractivity contribution in [1.82, 2.24) is 15.2 Å². The normalized spacial score (nSPS) is 14.5. The van der Waals surface area contributed by atoms with Gasteiger partial charge in [-0.2, -0.15) is 5.26 Å². The highest BCUT2D eigenvalue weighted by Gasteiger charge is 2.20. The number of aliphatic hydroxyl groups excluding tert-OH is 1. The molecule has 4 aromatic rings. The number of nitriles is 1. The van der Waals surface area contributed by atoms with Crippen molar-refractivity contribution in [2.45, 2.75) is 64.5 Å². The number of hydrogen-bond donors (Lipinski definition) is 5. The molecule has 1 fully saturated rings. The first kappa shape index (κ1) is 40.8. The monoisotopic (exact) mass is 769 g/mol. The molecule has 0 unspecified atom stereocenters. The number of nitrogens with zero attached hydrogens (tertiary/aromatic N) is 4. The molecular formula is C41H48ClN7O6. The summed E-state index contributed by atoms with van der Waals surface area (Å²) in [6.07, 6.45) is 5.34. The minimum absolute atomic E-state index is 0.0460. The van der Waals surface area contributed by atoms with Crippen LogP contribution in [0.4, 0.5) is 0 Å². The van der Waals surface area contributed by atoms with E-state index >= 15 is 0 Å². The molecule has 13 nitrogen and oxygen atoms in total. The van der Waals surface area contributed by atoms with Gasteiger partial charge in [-0.3, -0.25) is 14.8 Å². The number of nitrogens with two attached hydrogens (primary N) is 2. The van der Waals surface area contributed by atoms with Crippen molar-refractivity contribution in [2.75, 3.05) is 32.8 Å². The van der Waals surface area contributed by atoms with Crippen LogP contribution in [0, 0.1) is 18.3 Å². The Hall–Kier alpha value is -5.39. The first-order valence-electron chi connectivity index (χ1n) is 18.3. The summed E-state index contributed by atoms with van der Waals surface area (Å²) in [5.74, 6) is 0.559. The van der Waals surface area contributed by atoms with Crippen LogP contribution in [-0.2, 0) is 24.6 Å². The Balaban J connectivity index is 1.28. The van der Waals surface area contributed by atoms with E-state index in [1.165, 1.54) is 6.20 Å². The molecule has 5 rings (SSSR count). The van der Waals surface area contributed by atoms with Crippen molar-refractivity contribution >= 4 is 23.5 Å². The number of likely N-dealkylation sites (tertiary alicyclic amines) is 1. The number of β-amino-alcohol motifs (C(OH)–C–C–N with tert-alkyl or cyclic N) is 1. The molecule has 1 saturated heterocycles. The molecule has 14 heteroatoms. The number of benzene rings is 3. The second-order valence-corrected chi connectivity index (χ2v) is 13.9. The van der Waals surface area contributed by atoms with Gasteiger partial charge in [0.25, 0.3) is 0 Å². The Bertz CT molecular complexity index is 1980. The highest BCUT2D eigenvalue weighted by Crippen LogP contribution is 2.35. The number of pyridine rings is 1. The van der Waals surface area contributed by atoms with E-state index in [9.17, 15) is 20.3 Å². The third kappa shape index (κ3) is 12.3. The smallest absolute Gasteiger partial charge is 0.320 e. The average Bonchev–Trinajstić information content (AvgIpc) is 3.60. The van der Waals surface area contributed by atoms with E-state index in [2.05, 4.69) is 45.3 Å². The fourth-order valence-corrected chi connectivity index (χ4v) is 6.59. The van der Waals surface area contributed by atoms with E-state index in [1.807, 2.05) is 30.3 Å². The lowest BCUT2D eigenvalue weighted by Crippen LogP contribution is -2.36. The molecule has 1 aliphatic rings. The number of aliphatic imine (C=N–C) groups is 1. The maximum absolute atomic E-state index is 12.0. The number of guanidine groups is 1. The van der Waals surface area contributed by atoms with E-state index in [-0.39, 0.29) is 31.8 Å². The van der Waals surface area contributed by atoms with E-state index < -0.39 is 12.0 Å². The minimum Gasteiger partial charge on any atom is -0.494 e. The molecule has 290 valence electrons. The number of halogens is 1. The maximum Gasteiger partial charge on any atom is 0.320 e. The van der Waals surface area contributed by atoms with Crippen LogP contribution in [0.15, 0.2) is 78.0 Å². The number of carboxylic acids is 1. The van der Waals surface area contributed by atoms with Gasteiger partial charge < -0.3 is 46.1 Å². The lowest BCUT2D eigenvalue weighted by molar-refractivity contribution is -0.139. The molecule has 1 aliphatic heterocycles. The molecule has 0 saturated carbocycles. The van der Waals surface area contributed by atoms with Gasteiger partial charge in [0.1, 0.15) is 42.6 Å². The molecule has 2 heterocycles. The molecule has 55 heavy (non-hydrogen) atoms. The van der Waals surface area contributed by atoms with E-state index in [1.54, 1.807) is 24.4 Å². The number of rotatable bonds is 20. The van der Waals surface area contributed by atoms with Crippen molar-refractivity contribution in [3.63, 3.8) is 0 Å². The van der Waals surface area contributed by atoms with Crippen LogP contribution >= 0.6 is 11.6 Å². The van der Waals surface area contributed by atoms with Gasteiger partial charge in [0.15, 0.2) is 5.96 Å². The Morgan fingerprint density at radius 1 is 1.07 bits per heavy atom. The number of nitrogens with one attached hydrogen (secondary N) is 1. The first-order chi connectivity index (χ1) is 26.6. The highest BCUT2D eigenvalue weighted by molar-refractivity contribution is 6.32. The van der Waals surface area contributed by atoms with Gasteiger partial charge in [-0.05, 0) is 79.1 Å². The highest BCUT2D eigenvalue weighted by atomic mass is 35.5. The van der Waals surface area contributed by atoms with Gasteiger partial charge in [-0.1, -0.05) is 41.9 Å².